The number of piperazine rings is 1. The molecule has 0 saturated carbocycles. The number of hydrogen-bond donors (Lipinski definition) is 2. The van der Waals surface area contributed by atoms with Gasteiger partial charge < -0.3 is 19.9 Å². The minimum atomic E-state index is -0.339. The summed E-state index contributed by atoms with van der Waals surface area (Å²) in [5, 5.41) is 19.7. The summed E-state index contributed by atoms with van der Waals surface area (Å²) in [5.41, 5.74) is 3.13. The number of aromatic amines is 1. The fraction of sp³-hybridized carbons (Fsp3) is 0.423. The van der Waals surface area contributed by atoms with Crippen LogP contribution in [-0.4, -0.2) is 85.4 Å². The molecular formula is C26H31N7O2. The Bertz CT molecular complexity index is 1250. The highest BCUT2D eigenvalue weighted by molar-refractivity contribution is 6.11. The molecule has 35 heavy (non-hydrogen) atoms. The first-order valence-corrected chi connectivity index (χ1v) is 12.1. The van der Waals surface area contributed by atoms with Crippen LogP contribution in [0.3, 0.4) is 0 Å². The van der Waals surface area contributed by atoms with E-state index in [4.69, 9.17) is 4.74 Å². The van der Waals surface area contributed by atoms with Gasteiger partial charge in [-0.15, -0.1) is 0 Å². The minimum absolute atomic E-state index is 0.256. The highest BCUT2D eigenvalue weighted by Crippen LogP contribution is 2.34. The zero-order chi connectivity index (χ0) is 24.4. The number of nitrogens with one attached hydrogen (secondary N) is 2. The molecule has 182 valence electrons. The molecule has 2 aliphatic heterocycles. The number of likely N-dealkylation sites (N-methyl/N-ethyl adjacent to an activating group) is 1. The summed E-state index contributed by atoms with van der Waals surface area (Å²) in [6.45, 7) is 6.58. The van der Waals surface area contributed by atoms with Crippen LogP contribution >= 0.6 is 0 Å². The van der Waals surface area contributed by atoms with Gasteiger partial charge in [0.2, 0.25) is 0 Å². The van der Waals surface area contributed by atoms with Crippen molar-refractivity contribution < 1.29 is 9.53 Å². The molecule has 5 rings (SSSR count). The van der Waals surface area contributed by atoms with Gasteiger partial charge in [0.15, 0.2) is 5.69 Å². The molecule has 0 atom stereocenters. The Morgan fingerprint density at radius 1 is 1.11 bits per heavy atom. The average Bonchev–Trinajstić information content (AvgIpc) is 3.32. The zero-order valence-electron chi connectivity index (χ0n) is 20.3. The molecule has 2 aliphatic rings. The van der Waals surface area contributed by atoms with Crippen molar-refractivity contribution in [1.82, 2.24) is 20.0 Å². The molecule has 0 spiro atoms. The number of H-pyrrole nitrogens is 1. The molecule has 2 aromatic carbocycles. The van der Waals surface area contributed by atoms with Crippen molar-refractivity contribution in [2.75, 3.05) is 63.6 Å². The molecule has 3 aromatic rings. The maximum atomic E-state index is 12.9. The third-order valence-corrected chi connectivity index (χ3v) is 7.20. The Morgan fingerprint density at radius 3 is 2.60 bits per heavy atom. The van der Waals surface area contributed by atoms with E-state index < -0.39 is 0 Å². The van der Waals surface area contributed by atoms with Crippen LogP contribution in [0.15, 0.2) is 36.4 Å². The number of piperidine rings is 1. The summed E-state index contributed by atoms with van der Waals surface area (Å²) >= 11 is 0. The van der Waals surface area contributed by atoms with E-state index in [-0.39, 0.29) is 11.6 Å². The van der Waals surface area contributed by atoms with E-state index in [1.165, 1.54) is 0 Å². The van der Waals surface area contributed by atoms with Gasteiger partial charge in [-0.2, -0.15) is 10.4 Å². The third-order valence-electron chi connectivity index (χ3n) is 7.20. The number of carbonyl (C=O) groups excluding carboxylic acids is 1. The van der Waals surface area contributed by atoms with Crippen LogP contribution < -0.4 is 15.0 Å². The van der Waals surface area contributed by atoms with Crippen LogP contribution in [0.25, 0.3) is 10.9 Å². The van der Waals surface area contributed by atoms with Gasteiger partial charge in [0.25, 0.3) is 5.91 Å². The smallest absolute Gasteiger partial charge is 0.276 e. The molecule has 9 heteroatoms. The number of ether oxygens (including phenoxy) is 1. The normalized spacial score (nSPS) is 17.9. The van der Waals surface area contributed by atoms with E-state index in [0.717, 1.165) is 63.5 Å². The number of benzene rings is 2. The van der Waals surface area contributed by atoms with Gasteiger partial charge in [-0.1, -0.05) is 0 Å². The van der Waals surface area contributed by atoms with Crippen LogP contribution in [0, 0.1) is 11.3 Å². The second kappa shape index (κ2) is 9.94. The standard InChI is InChI=1S/C26H31N7O2/c1-31-11-13-32(14-12-31)20-7-9-33(10-8-20)23-6-4-19(16-24(23)35-2)28-26(34)25-21-15-18(17-27)3-5-22(21)29-30-25/h3-6,15-16,20H,7-14H2,1-2H3,(H,28,34)(H,29,30). The molecule has 2 fully saturated rings. The van der Waals surface area contributed by atoms with E-state index in [0.29, 0.717) is 28.2 Å². The molecular weight excluding hydrogens is 442 g/mol. The maximum absolute atomic E-state index is 12.9. The summed E-state index contributed by atoms with van der Waals surface area (Å²) < 4.78 is 5.70. The lowest BCUT2D eigenvalue weighted by Gasteiger charge is -2.42. The van der Waals surface area contributed by atoms with Crippen molar-refractivity contribution in [2.24, 2.45) is 0 Å². The zero-order valence-corrected chi connectivity index (χ0v) is 20.3. The van der Waals surface area contributed by atoms with Crippen LogP contribution in [0.4, 0.5) is 11.4 Å². The summed E-state index contributed by atoms with van der Waals surface area (Å²) in [6, 6.07) is 13.6. The van der Waals surface area contributed by atoms with Gasteiger partial charge in [-0.3, -0.25) is 14.8 Å². The number of anilines is 2. The predicted octanol–water partition coefficient (Wildman–Crippen LogP) is 2.91. The fourth-order valence-corrected chi connectivity index (χ4v) is 5.12. The SMILES string of the molecule is COc1cc(NC(=O)c2n[nH]c3ccc(C#N)cc23)ccc1N1CCC(N2CCN(C)CC2)CC1. The quantitative estimate of drug-likeness (QED) is 0.588. The number of nitrogens with zero attached hydrogens (tertiary/aromatic N) is 5. The van der Waals surface area contributed by atoms with E-state index in [2.05, 4.69) is 43.3 Å². The Hall–Kier alpha value is -3.61. The topological polar surface area (TPSA) is 101 Å². The lowest BCUT2D eigenvalue weighted by atomic mass is 10.0. The van der Waals surface area contributed by atoms with Crippen LogP contribution in [0.5, 0.6) is 5.75 Å². The van der Waals surface area contributed by atoms with Crippen molar-refractivity contribution in [3.8, 4) is 11.8 Å². The van der Waals surface area contributed by atoms with E-state index in [9.17, 15) is 10.1 Å². The van der Waals surface area contributed by atoms with Crippen LogP contribution in [0.1, 0.15) is 28.9 Å². The molecule has 1 aromatic heterocycles. The summed E-state index contributed by atoms with van der Waals surface area (Å²) in [5.74, 6) is 0.397. The number of methoxy groups -OCH3 is 1. The average molecular weight is 474 g/mol. The van der Waals surface area contributed by atoms with Crippen molar-refractivity contribution >= 4 is 28.2 Å². The van der Waals surface area contributed by atoms with Gasteiger partial charge >= 0.3 is 0 Å². The molecule has 0 radical (unpaired) electrons. The first kappa shape index (κ1) is 23.1. The first-order valence-electron chi connectivity index (χ1n) is 12.1. The second-order valence-corrected chi connectivity index (χ2v) is 9.34. The van der Waals surface area contributed by atoms with Crippen molar-refractivity contribution in [2.45, 2.75) is 18.9 Å². The van der Waals surface area contributed by atoms with Gasteiger partial charge in [-0.05, 0) is 50.2 Å². The number of nitriles is 1. The Balaban J connectivity index is 1.26. The largest absolute Gasteiger partial charge is 0.495 e. The Labute approximate surface area is 205 Å². The van der Waals surface area contributed by atoms with Gasteiger partial charge in [0, 0.05) is 62.5 Å². The second-order valence-electron chi connectivity index (χ2n) is 9.34. The molecule has 0 aliphatic carbocycles. The number of hydrogen-bond acceptors (Lipinski definition) is 7. The molecule has 2 saturated heterocycles. The number of rotatable bonds is 5. The van der Waals surface area contributed by atoms with Crippen molar-refractivity contribution in [3.63, 3.8) is 0 Å². The lowest BCUT2D eigenvalue weighted by Crippen LogP contribution is -2.52. The first-order chi connectivity index (χ1) is 17.1. The van der Waals surface area contributed by atoms with Crippen LogP contribution in [0.2, 0.25) is 0 Å². The molecule has 0 bridgehead atoms. The lowest BCUT2D eigenvalue weighted by molar-refractivity contribution is 0.0981. The van der Waals surface area contributed by atoms with Gasteiger partial charge in [0.05, 0.1) is 29.9 Å². The number of carbonyl (C=O) groups is 1. The maximum Gasteiger partial charge on any atom is 0.276 e. The van der Waals surface area contributed by atoms with E-state index in [1.807, 2.05) is 18.2 Å². The van der Waals surface area contributed by atoms with E-state index >= 15 is 0 Å². The van der Waals surface area contributed by atoms with Crippen molar-refractivity contribution in [1.29, 1.82) is 5.26 Å². The number of aromatic nitrogens is 2. The van der Waals surface area contributed by atoms with Crippen LogP contribution in [-0.2, 0) is 0 Å². The fourth-order valence-electron chi connectivity index (χ4n) is 5.12. The molecule has 3 heterocycles. The predicted molar refractivity (Wildman–Crippen MR) is 136 cm³/mol. The van der Waals surface area contributed by atoms with Gasteiger partial charge in [0.1, 0.15) is 5.75 Å². The summed E-state index contributed by atoms with van der Waals surface area (Å²) in [7, 11) is 3.85. The monoisotopic (exact) mass is 473 g/mol. The molecule has 0 unspecified atom stereocenters. The number of amides is 1. The number of fused-ring (bicyclic) bond motifs is 1. The summed E-state index contributed by atoms with van der Waals surface area (Å²) in [6.07, 6.45) is 2.28. The third kappa shape index (κ3) is 4.81. The molecule has 1 amide bonds. The highest BCUT2D eigenvalue weighted by atomic mass is 16.5. The van der Waals surface area contributed by atoms with E-state index in [1.54, 1.807) is 25.3 Å². The molecule has 9 nitrogen and oxygen atoms in total. The molecule has 2 N–H and O–H groups in total. The Morgan fingerprint density at radius 2 is 1.89 bits per heavy atom. The Kier molecular flexibility index (Phi) is 6.57. The summed E-state index contributed by atoms with van der Waals surface area (Å²) in [4.78, 5) is 20.4. The van der Waals surface area contributed by atoms with Crippen molar-refractivity contribution in [3.05, 3.63) is 47.7 Å². The van der Waals surface area contributed by atoms with Gasteiger partial charge in [-0.25, -0.2) is 0 Å². The minimum Gasteiger partial charge on any atom is -0.495 e. The highest BCUT2D eigenvalue weighted by Gasteiger charge is 2.28.